The van der Waals surface area contributed by atoms with Gasteiger partial charge in [0, 0.05) is 19.6 Å². The molecule has 0 aliphatic carbocycles. The molecular formula is C10H17N3O4S2. The molecule has 0 aromatic heterocycles. The molecule has 108 valence electrons. The second-order valence-corrected chi connectivity index (χ2v) is 7.51. The highest BCUT2D eigenvalue weighted by Gasteiger charge is 2.13. The fourth-order valence-electron chi connectivity index (χ4n) is 1.31. The van der Waals surface area contributed by atoms with Crippen LogP contribution in [0.1, 0.15) is 5.56 Å². The summed E-state index contributed by atoms with van der Waals surface area (Å²) in [6.45, 7) is 0.318. The third kappa shape index (κ3) is 5.66. The van der Waals surface area contributed by atoms with Gasteiger partial charge in [0.05, 0.1) is 11.2 Å². The summed E-state index contributed by atoms with van der Waals surface area (Å²) < 4.78 is 49.8. The summed E-state index contributed by atoms with van der Waals surface area (Å²) >= 11 is 0. The summed E-state index contributed by atoms with van der Waals surface area (Å²) in [6.07, 6.45) is 1.01. The van der Waals surface area contributed by atoms with E-state index in [2.05, 4.69) is 9.44 Å². The molecule has 0 heterocycles. The van der Waals surface area contributed by atoms with Crippen molar-refractivity contribution in [1.29, 1.82) is 0 Å². The van der Waals surface area contributed by atoms with E-state index in [0.717, 1.165) is 11.8 Å². The first kappa shape index (κ1) is 16.1. The van der Waals surface area contributed by atoms with Gasteiger partial charge in [-0.15, -0.1) is 0 Å². The summed E-state index contributed by atoms with van der Waals surface area (Å²) in [6, 6.07) is 6.16. The Labute approximate surface area is 113 Å². The van der Waals surface area contributed by atoms with Crippen LogP contribution in [0.2, 0.25) is 0 Å². The van der Waals surface area contributed by atoms with Crippen LogP contribution in [0.5, 0.6) is 0 Å². The zero-order chi connectivity index (χ0) is 14.5. The molecule has 0 spiro atoms. The molecule has 19 heavy (non-hydrogen) atoms. The topological polar surface area (TPSA) is 118 Å². The Kier molecular flexibility index (Phi) is 5.44. The van der Waals surface area contributed by atoms with Crippen LogP contribution in [0.15, 0.2) is 29.2 Å². The highest BCUT2D eigenvalue weighted by atomic mass is 32.2. The SMILES string of the molecule is CS(=O)(=O)NCCNS(=O)(=O)c1ccc(CN)cc1. The maximum Gasteiger partial charge on any atom is 0.240 e. The first-order chi connectivity index (χ1) is 8.74. The lowest BCUT2D eigenvalue weighted by Crippen LogP contribution is -2.34. The number of hydrogen-bond donors (Lipinski definition) is 3. The smallest absolute Gasteiger partial charge is 0.240 e. The number of rotatable bonds is 7. The van der Waals surface area contributed by atoms with E-state index in [9.17, 15) is 16.8 Å². The van der Waals surface area contributed by atoms with Gasteiger partial charge in [-0.3, -0.25) is 0 Å². The molecule has 0 atom stereocenters. The second-order valence-electron chi connectivity index (χ2n) is 3.91. The van der Waals surface area contributed by atoms with Crippen LogP contribution in [-0.2, 0) is 26.6 Å². The molecule has 7 nitrogen and oxygen atoms in total. The molecule has 0 saturated heterocycles. The van der Waals surface area contributed by atoms with Crippen LogP contribution < -0.4 is 15.2 Å². The third-order valence-corrected chi connectivity index (χ3v) is 4.46. The van der Waals surface area contributed by atoms with Gasteiger partial charge in [0.1, 0.15) is 0 Å². The average molecular weight is 307 g/mol. The lowest BCUT2D eigenvalue weighted by molar-refractivity contribution is 0.573. The summed E-state index contributed by atoms with van der Waals surface area (Å²) in [7, 11) is -6.94. The Bertz CT molecular complexity index is 609. The van der Waals surface area contributed by atoms with E-state index in [-0.39, 0.29) is 18.0 Å². The number of nitrogens with one attached hydrogen (secondary N) is 2. The van der Waals surface area contributed by atoms with E-state index >= 15 is 0 Å². The van der Waals surface area contributed by atoms with E-state index in [0.29, 0.717) is 6.54 Å². The zero-order valence-electron chi connectivity index (χ0n) is 10.5. The molecule has 0 amide bonds. The van der Waals surface area contributed by atoms with Crippen molar-refractivity contribution >= 4 is 20.0 Å². The Morgan fingerprint density at radius 3 is 2.00 bits per heavy atom. The van der Waals surface area contributed by atoms with Crippen molar-refractivity contribution in [2.45, 2.75) is 11.4 Å². The Hall–Kier alpha value is -1.00. The van der Waals surface area contributed by atoms with E-state index in [1.54, 1.807) is 12.1 Å². The molecule has 0 saturated carbocycles. The van der Waals surface area contributed by atoms with Crippen LogP contribution in [0.25, 0.3) is 0 Å². The maximum absolute atomic E-state index is 11.8. The standard InChI is InChI=1S/C10H17N3O4S2/c1-18(14,15)12-6-7-13-19(16,17)10-4-2-9(8-11)3-5-10/h2-5,12-13H,6-8,11H2,1H3. The van der Waals surface area contributed by atoms with Crippen LogP contribution in [0.4, 0.5) is 0 Å². The minimum atomic E-state index is -3.63. The van der Waals surface area contributed by atoms with E-state index < -0.39 is 20.0 Å². The van der Waals surface area contributed by atoms with Gasteiger partial charge in [-0.25, -0.2) is 26.3 Å². The molecule has 9 heteroatoms. The minimum absolute atomic E-state index is 0.00104. The number of sulfonamides is 2. The van der Waals surface area contributed by atoms with Crippen molar-refractivity contribution in [2.24, 2.45) is 5.73 Å². The highest BCUT2D eigenvalue weighted by molar-refractivity contribution is 7.89. The molecule has 0 aliphatic heterocycles. The lowest BCUT2D eigenvalue weighted by atomic mass is 10.2. The monoisotopic (exact) mass is 307 g/mol. The van der Waals surface area contributed by atoms with Crippen molar-refractivity contribution in [3.05, 3.63) is 29.8 Å². The van der Waals surface area contributed by atoms with Gasteiger partial charge in [-0.2, -0.15) is 0 Å². The first-order valence-corrected chi connectivity index (χ1v) is 8.85. The average Bonchev–Trinajstić information content (AvgIpc) is 2.34. The Morgan fingerprint density at radius 2 is 1.53 bits per heavy atom. The number of nitrogens with two attached hydrogens (primary N) is 1. The van der Waals surface area contributed by atoms with Crippen molar-refractivity contribution < 1.29 is 16.8 Å². The van der Waals surface area contributed by atoms with E-state index in [1.807, 2.05) is 0 Å². The Balaban J connectivity index is 2.60. The van der Waals surface area contributed by atoms with Crippen LogP contribution in [-0.4, -0.2) is 36.2 Å². The maximum atomic E-state index is 11.8. The van der Waals surface area contributed by atoms with Gasteiger partial charge in [0.2, 0.25) is 20.0 Å². The molecule has 0 fully saturated rings. The van der Waals surface area contributed by atoms with Gasteiger partial charge in [0.25, 0.3) is 0 Å². The fourth-order valence-corrected chi connectivity index (χ4v) is 2.81. The fraction of sp³-hybridized carbons (Fsp3) is 0.400. The molecule has 1 rings (SSSR count). The normalized spacial score (nSPS) is 12.5. The molecule has 0 aliphatic rings. The number of benzene rings is 1. The second kappa shape index (κ2) is 6.44. The van der Waals surface area contributed by atoms with Crippen LogP contribution in [0.3, 0.4) is 0 Å². The summed E-state index contributed by atoms with van der Waals surface area (Å²) in [5, 5.41) is 0. The zero-order valence-corrected chi connectivity index (χ0v) is 12.1. The van der Waals surface area contributed by atoms with Gasteiger partial charge in [-0.1, -0.05) is 12.1 Å². The van der Waals surface area contributed by atoms with Crippen LogP contribution >= 0.6 is 0 Å². The summed E-state index contributed by atoms with van der Waals surface area (Å²) in [5.41, 5.74) is 6.25. The molecule has 4 N–H and O–H groups in total. The molecule has 0 radical (unpaired) electrons. The van der Waals surface area contributed by atoms with Crippen LogP contribution in [0, 0.1) is 0 Å². The summed E-state index contributed by atoms with van der Waals surface area (Å²) in [5.74, 6) is 0. The number of hydrogen-bond acceptors (Lipinski definition) is 5. The van der Waals surface area contributed by atoms with E-state index in [1.165, 1.54) is 12.1 Å². The Morgan fingerprint density at radius 1 is 1.00 bits per heavy atom. The minimum Gasteiger partial charge on any atom is -0.326 e. The van der Waals surface area contributed by atoms with Gasteiger partial charge >= 0.3 is 0 Å². The van der Waals surface area contributed by atoms with Crippen molar-refractivity contribution in [1.82, 2.24) is 9.44 Å². The van der Waals surface area contributed by atoms with Gasteiger partial charge in [-0.05, 0) is 17.7 Å². The van der Waals surface area contributed by atoms with Crippen molar-refractivity contribution in [2.75, 3.05) is 19.3 Å². The highest BCUT2D eigenvalue weighted by Crippen LogP contribution is 2.09. The largest absolute Gasteiger partial charge is 0.326 e. The summed E-state index contributed by atoms with van der Waals surface area (Å²) in [4.78, 5) is 0.115. The predicted octanol–water partition coefficient (Wildman–Crippen LogP) is -1.03. The lowest BCUT2D eigenvalue weighted by Gasteiger charge is -2.07. The molecule has 1 aromatic carbocycles. The quantitative estimate of drug-likeness (QED) is 0.557. The van der Waals surface area contributed by atoms with Gasteiger partial charge in [0.15, 0.2) is 0 Å². The molecule has 0 unspecified atom stereocenters. The third-order valence-electron chi connectivity index (χ3n) is 2.25. The van der Waals surface area contributed by atoms with E-state index in [4.69, 9.17) is 5.73 Å². The van der Waals surface area contributed by atoms with Crippen molar-refractivity contribution in [3.8, 4) is 0 Å². The predicted molar refractivity (Wildman–Crippen MR) is 72.4 cm³/mol. The molecular weight excluding hydrogens is 290 g/mol. The first-order valence-electron chi connectivity index (χ1n) is 5.48. The molecule has 0 bridgehead atoms. The molecule has 1 aromatic rings. The van der Waals surface area contributed by atoms with Gasteiger partial charge < -0.3 is 5.73 Å². The van der Waals surface area contributed by atoms with Crippen molar-refractivity contribution in [3.63, 3.8) is 0 Å².